The topological polar surface area (TPSA) is 109 Å². The fourth-order valence-corrected chi connectivity index (χ4v) is 4.39. The number of furan rings is 1. The lowest BCUT2D eigenvalue weighted by molar-refractivity contribution is -0.121. The van der Waals surface area contributed by atoms with Gasteiger partial charge in [0.25, 0.3) is 5.91 Å². The normalized spacial score (nSPS) is 15.3. The van der Waals surface area contributed by atoms with Gasteiger partial charge in [-0.1, -0.05) is 15.9 Å². The Morgan fingerprint density at radius 1 is 1.14 bits per heavy atom. The van der Waals surface area contributed by atoms with Crippen molar-refractivity contribution in [1.29, 1.82) is 0 Å². The van der Waals surface area contributed by atoms with E-state index in [-0.39, 0.29) is 35.7 Å². The van der Waals surface area contributed by atoms with Crippen LogP contribution in [0.1, 0.15) is 29.6 Å². The van der Waals surface area contributed by atoms with E-state index in [4.69, 9.17) is 4.42 Å². The average Bonchev–Trinajstić information content (AvgIpc) is 3.23. The standard InChI is InChI=1S/C19H22BrN3O5S/c20-15-1-3-17(4-2-15)29(26,27)21-9-5-18(24)22-16-6-10-23(11-7-16)19(25)14-8-12-28-13-14/h1-4,8,12-13,16,21H,5-7,9-11H2,(H,22,24). The van der Waals surface area contributed by atoms with Crippen LogP contribution >= 0.6 is 15.9 Å². The Kier molecular flexibility index (Phi) is 7.09. The zero-order valence-electron chi connectivity index (χ0n) is 15.6. The first-order chi connectivity index (χ1) is 13.8. The van der Waals surface area contributed by atoms with Crippen molar-refractivity contribution in [3.05, 3.63) is 52.9 Å². The zero-order valence-corrected chi connectivity index (χ0v) is 18.0. The van der Waals surface area contributed by atoms with Crippen molar-refractivity contribution >= 4 is 37.8 Å². The number of hydrogen-bond acceptors (Lipinski definition) is 5. The molecular formula is C19H22BrN3O5S. The van der Waals surface area contributed by atoms with Gasteiger partial charge >= 0.3 is 0 Å². The third-order valence-corrected chi connectivity index (χ3v) is 6.69. The minimum absolute atomic E-state index is 0.0159. The highest BCUT2D eigenvalue weighted by Crippen LogP contribution is 2.15. The van der Waals surface area contributed by atoms with Gasteiger partial charge < -0.3 is 14.6 Å². The molecule has 0 saturated carbocycles. The molecular weight excluding hydrogens is 462 g/mol. The summed E-state index contributed by atoms with van der Waals surface area (Å²) in [6.07, 6.45) is 4.24. The van der Waals surface area contributed by atoms with E-state index in [2.05, 4.69) is 26.0 Å². The van der Waals surface area contributed by atoms with Gasteiger partial charge in [0.2, 0.25) is 15.9 Å². The SMILES string of the molecule is O=C(CCNS(=O)(=O)c1ccc(Br)cc1)NC1CCN(C(=O)c2ccoc2)CC1. The molecule has 1 aliphatic rings. The summed E-state index contributed by atoms with van der Waals surface area (Å²) in [5, 5.41) is 2.91. The van der Waals surface area contributed by atoms with E-state index in [1.54, 1.807) is 23.1 Å². The van der Waals surface area contributed by atoms with E-state index < -0.39 is 10.0 Å². The Labute approximate surface area is 177 Å². The number of rotatable bonds is 7. The predicted molar refractivity (Wildman–Crippen MR) is 110 cm³/mol. The smallest absolute Gasteiger partial charge is 0.257 e. The molecule has 29 heavy (non-hydrogen) atoms. The first kappa shape index (κ1) is 21.5. The Balaban J connectivity index is 1.39. The van der Waals surface area contributed by atoms with Gasteiger partial charge in [-0.3, -0.25) is 9.59 Å². The Morgan fingerprint density at radius 2 is 1.83 bits per heavy atom. The predicted octanol–water partition coefficient (Wildman–Crippen LogP) is 2.13. The number of carbonyl (C=O) groups excluding carboxylic acids is 2. The van der Waals surface area contributed by atoms with E-state index in [0.29, 0.717) is 31.5 Å². The molecule has 8 nitrogen and oxygen atoms in total. The lowest BCUT2D eigenvalue weighted by Gasteiger charge is -2.32. The molecule has 1 aromatic carbocycles. The number of amides is 2. The lowest BCUT2D eigenvalue weighted by atomic mass is 10.0. The van der Waals surface area contributed by atoms with Crippen LogP contribution in [0.4, 0.5) is 0 Å². The highest BCUT2D eigenvalue weighted by molar-refractivity contribution is 9.10. The number of benzene rings is 1. The summed E-state index contributed by atoms with van der Waals surface area (Å²) in [5.74, 6) is -0.297. The maximum atomic E-state index is 12.3. The van der Waals surface area contributed by atoms with Crippen molar-refractivity contribution < 1.29 is 22.4 Å². The van der Waals surface area contributed by atoms with Crippen LogP contribution in [0.3, 0.4) is 0 Å². The summed E-state index contributed by atoms with van der Waals surface area (Å²) >= 11 is 3.26. The molecule has 0 radical (unpaired) electrons. The van der Waals surface area contributed by atoms with E-state index >= 15 is 0 Å². The monoisotopic (exact) mass is 483 g/mol. The Bertz CT molecular complexity index is 937. The summed E-state index contributed by atoms with van der Waals surface area (Å²) in [5.41, 5.74) is 0.519. The zero-order chi connectivity index (χ0) is 20.9. The second-order valence-corrected chi connectivity index (χ2v) is 9.43. The molecule has 10 heteroatoms. The van der Waals surface area contributed by atoms with Gasteiger partial charge in [0, 0.05) is 36.6 Å². The maximum Gasteiger partial charge on any atom is 0.257 e. The lowest BCUT2D eigenvalue weighted by Crippen LogP contribution is -2.46. The fourth-order valence-electron chi connectivity index (χ4n) is 3.09. The third kappa shape index (κ3) is 5.91. The fraction of sp³-hybridized carbons (Fsp3) is 0.368. The summed E-state index contributed by atoms with van der Waals surface area (Å²) in [6, 6.07) is 7.87. The molecule has 2 heterocycles. The van der Waals surface area contributed by atoms with Gasteiger partial charge in [-0.15, -0.1) is 0 Å². The van der Waals surface area contributed by atoms with Crippen LogP contribution in [0, 0.1) is 0 Å². The second kappa shape index (κ2) is 9.55. The van der Waals surface area contributed by atoms with Crippen LogP contribution in [-0.2, 0) is 14.8 Å². The number of carbonyl (C=O) groups is 2. The van der Waals surface area contributed by atoms with Crippen molar-refractivity contribution in [2.75, 3.05) is 19.6 Å². The molecule has 1 aliphatic heterocycles. The quantitative estimate of drug-likeness (QED) is 0.626. The Hall–Kier alpha value is -2.17. The van der Waals surface area contributed by atoms with Gasteiger partial charge in [-0.05, 0) is 43.2 Å². The molecule has 2 N–H and O–H groups in total. The molecule has 156 valence electrons. The Morgan fingerprint density at radius 3 is 2.45 bits per heavy atom. The van der Waals surface area contributed by atoms with Crippen LogP contribution in [0.15, 0.2) is 56.6 Å². The van der Waals surface area contributed by atoms with E-state index in [1.807, 2.05) is 0 Å². The van der Waals surface area contributed by atoms with Crippen LogP contribution in [0.2, 0.25) is 0 Å². The second-order valence-electron chi connectivity index (χ2n) is 6.75. The molecule has 0 atom stereocenters. The summed E-state index contributed by atoms with van der Waals surface area (Å²) < 4.78 is 32.6. The number of piperidine rings is 1. The van der Waals surface area contributed by atoms with Gasteiger partial charge in [-0.2, -0.15) is 0 Å². The van der Waals surface area contributed by atoms with Crippen molar-refractivity contribution in [1.82, 2.24) is 14.9 Å². The first-order valence-electron chi connectivity index (χ1n) is 9.21. The number of nitrogens with zero attached hydrogens (tertiary/aromatic N) is 1. The molecule has 2 aromatic rings. The minimum Gasteiger partial charge on any atom is -0.472 e. The van der Waals surface area contributed by atoms with Gasteiger partial charge in [0.15, 0.2) is 0 Å². The molecule has 1 saturated heterocycles. The van der Waals surface area contributed by atoms with Crippen LogP contribution in [-0.4, -0.2) is 50.8 Å². The molecule has 0 unspecified atom stereocenters. The number of sulfonamides is 1. The average molecular weight is 484 g/mol. The van der Waals surface area contributed by atoms with Gasteiger partial charge in [0.05, 0.1) is 16.7 Å². The molecule has 2 amide bonds. The summed E-state index contributed by atoms with van der Waals surface area (Å²) in [4.78, 5) is 26.3. The molecule has 0 bridgehead atoms. The maximum absolute atomic E-state index is 12.3. The van der Waals surface area contributed by atoms with Crippen molar-refractivity contribution in [2.45, 2.75) is 30.2 Å². The molecule has 1 fully saturated rings. The van der Waals surface area contributed by atoms with Gasteiger partial charge in [0.1, 0.15) is 6.26 Å². The van der Waals surface area contributed by atoms with Crippen LogP contribution in [0.25, 0.3) is 0 Å². The number of hydrogen-bond donors (Lipinski definition) is 2. The molecule has 0 aliphatic carbocycles. The number of nitrogens with one attached hydrogen (secondary N) is 2. The van der Waals surface area contributed by atoms with Crippen molar-refractivity contribution in [3.63, 3.8) is 0 Å². The summed E-state index contributed by atoms with van der Waals surface area (Å²) in [6.45, 7) is 1.11. The largest absolute Gasteiger partial charge is 0.472 e. The van der Waals surface area contributed by atoms with Crippen LogP contribution < -0.4 is 10.0 Å². The number of likely N-dealkylation sites (tertiary alicyclic amines) is 1. The molecule has 3 rings (SSSR count). The molecule has 1 aromatic heterocycles. The minimum atomic E-state index is -3.65. The van der Waals surface area contributed by atoms with Crippen molar-refractivity contribution in [2.24, 2.45) is 0 Å². The van der Waals surface area contributed by atoms with E-state index in [0.717, 1.165) is 4.47 Å². The van der Waals surface area contributed by atoms with E-state index in [9.17, 15) is 18.0 Å². The number of halogens is 1. The van der Waals surface area contributed by atoms with E-state index in [1.165, 1.54) is 24.7 Å². The van der Waals surface area contributed by atoms with Crippen LogP contribution in [0.5, 0.6) is 0 Å². The van der Waals surface area contributed by atoms with Crippen molar-refractivity contribution in [3.8, 4) is 0 Å². The first-order valence-corrected chi connectivity index (χ1v) is 11.5. The molecule has 0 spiro atoms. The van der Waals surface area contributed by atoms with Gasteiger partial charge in [-0.25, -0.2) is 13.1 Å². The highest BCUT2D eigenvalue weighted by atomic mass is 79.9. The third-order valence-electron chi connectivity index (χ3n) is 4.68. The highest BCUT2D eigenvalue weighted by Gasteiger charge is 2.25. The summed E-state index contributed by atoms with van der Waals surface area (Å²) in [7, 11) is -3.65.